The van der Waals surface area contributed by atoms with Gasteiger partial charge in [0, 0.05) is 23.1 Å². The second kappa shape index (κ2) is 8.60. The van der Waals surface area contributed by atoms with Crippen LogP contribution in [0.2, 0.25) is 0 Å². The number of rotatable bonds is 4. The van der Waals surface area contributed by atoms with Crippen molar-refractivity contribution in [3.05, 3.63) is 87.9 Å². The van der Waals surface area contributed by atoms with Crippen molar-refractivity contribution < 1.29 is 18.7 Å². The van der Waals surface area contributed by atoms with Crippen LogP contribution in [0.1, 0.15) is 61.8 Å². The smallest absolute Gasteiger partial charge is 0.379 e. The Morgan fingerprint density at radius 3 is 2.42 bits per heavy atom. The highest BCUT2D eigenvalue weighted by Gasteiger charge is 2.29. The third-order valence-corrected chi connectivity index (χ3v) is 5.25. The summed E-state index contributed by atoms with van der Waals surface area (Å²) in [6, 6.07) is 14.6. The van der Waals surface area contributed by atoms with Crippen molar-refractivity contribution in [1.29, 1.82) is 0 Å². The topological polar surface area (TPSA) is 80.9 Å². The average molecular weight is 416 g/mol. The van der Waals surface area contributed by atoms with E-state index in [1.54, 1.807) is 24.3 Å². The Morgan fingerprint density at radius 2 is 1.71 bits per heavy atom. The van der Waals surface area contributed by atoms with Gasteiger partial charge >= 0.3 is 5.97 Å². The number of carbonyl (C=O) groups excluding carboxylic acids is 2. The summed E-state index contributed by atoms with van der Waals surface area (Å²) in [5.41, 5.74) is 7.35. The summed E-state index contributed by atoms with van der Waals surface area (Å²) in [5, 5.41) is 4.35. The number of ether oxygens (including phenoxy) is 1. The summed E-state index contributed by atoms with van der Waals surface area (Å²) in [7, 11) is 0. The summed E-state index contributed by atoms with van der Waals surface area (Å²) in [4.78, 5) is 25.1. The Hall–Kier alpha value is -3.67. The lowest BCUT2D eigenvalue weighted by Gasteiger charge is -2.13. The molecule has 3 aromatic rings. The quantitative estimate of drug-likeness (QED) is 0.373. The Labute approximate surface area is 180 Å². The fourth-order valence-electron chi connectivity index (χ4n) is 3.89. The number of fused-ring (bicyclic) bond motifs is 1. The molecule has 6 nitrogen and oxygen atoms in total. The minimum absolute atomic E-state index is 0.174. The highest BCUT2D eigenvalue weighted by Crippen LogP contribution is 2.30. The zero-order valence-corrected chi connectivity index (χ0v) is 17.8. The van der Waals surface area contributed by atoms with Gasteiger partial charge in [0.05, 0.1) is 5.71 Å². The van der Waals surface area contributed by atoms with Crippen molar-refractivity contribution in [3.63, 3.8) is 0 Å². The number of esters is 1. The summed E-state index contributed by atoms with van der Waals surface area (Å²) in [5.74, 6) is 0.539. The largest absolute Gasteiger partial charge is 0.453 e. The third kappa shape index (κ3) is 4.43. The van der Waals surface area contributed by atoms with E-state index in [1.165, 1.54) is 0 Å². The number of furan rings is 1. The number of nitrogens with zero attached hydrogens (tertiary/aromatic N) is 1. The van der Waals surface area contributed by atoms with Crippen LogP contribution in [0.3, 0.4) is 0 Å². The van der Waals surface area contributed by atoms with Crippen LogP contribution in [0.5, 0.6) is 5.75 Å². The third-order valence-electron chi connectivity index (χ3n) is 5.25. The molecule has 0 aliphatic heterocycles. The maximum Gasteiger partial charge on any atom is 0.379 e. The molecule has 1 aliphatic carbocycles. The van der Waals surface area contributed by atoms with Gasteiger partial charge < -0.3 is 9.15 Å². The van der Waals surface area contributed by atoms with Gasteiger partial charge in [0.25, 0.3) is 5.91 Å². The molecule has 0 saturated carbocycles. The molecule has 0 saturated heterocycles. The van der Waals surface area contributed by atoms with Crippen molar-refractivity contribution in [2.75, 3.05) is 0 Å². The molecule has 0 radical (unpaired) electrons. The Kier molecular flexibility index (Phi) is 5.71. The van der Waals surface area contributed by atoms with Gasteiger partial charge in [-0.1, -0.05) is 24.3 Å². The molecule has 4 rings (SSSR count). The molecule has 1 heterocycles. The van der Waals surface area contributed by atoms with E-state index in [-0.39, 0.29) is 11.7 Å². The first-order valence-corrected chi connectivity index (χ1v) is 10.3. The molecule has 1 aliphatic rings. The van der Waals surface area contributed by atoms with Crippen molar-refractivity contribution in [1.82, 2.24) is 5.43 Å². The van der Waals surface area contributed by atoms with E-state index in [1.807, 2.05) is 45.0 Å². The number of hydrogen-bond acceptors (Lipinski definition) is 5. The minimum atomic E-state index is -0.537. The van der Waals surface area contributed by atoms with Gasteiger partial charge in [-0.15, -0.1) is 0 Å². The van der Waals surface area contributed by atoms with Crippen LogP contribution >= 0.6 is 0 Å². The normalized spacial score (nSPS) is 14.2. The molecule has 6 heteroatoms. The van der Waals surface area contributed by atoms with Crippen LogP contribution in [0.15, 0.2) is 58.0 Å². The highest BCUT2D eigenvalue weighted by molar-refractivity contribution is 6.06. The Bertz CT molecular complexity index is 1160. The van der Waals surface area contributed by atoms with E-state index in [2.05, 4.69) is 10.5 Å². The fraction of sp³-hybridized carbons (Fsp3) is 0.240. The Balaban J connectivity index is 1.58. The van der Waals surface area contributed by atoms with Crippen LogP contribution in [-0.2, 0) is 6.42 Å². The summed E-state index contributed by atoms with van der Waals surface area (Å²) in [6.45, 7) is 5.72. The molecule has 1 amide bonds. The van der Waals surface area contributed by atoms with Gasteiger partial charge in [0.2, 0.25) is 5.76 Å². The number of hydrogen-bond donors (Lipinski definition) is 1. The molecule has 0 fully saturated rings. The van der Waals surface area contributed by atoms with E-state index >= 15 is 0 Å². The predicted octanol–water partition coefficient (Wildman–Crippen LogP) is 4.89. The lowest BCUT2D eigenvalue weighted by molar-refractivity contribution is 0.0698. The number of nitrogens with one attached hydrogen (secondary N) is 1. The van der Waals surface area contributed by atoms with E-state index in [4.69, 9.17) is 9.15 Å². The zero-order valence-electron chi connectivity index (χ0n) is 17.8. The van der Waals surface area contributed by atoms with Gasteiger partial charge in [0.15, 0.2) is 0 Å². The molecule has 1 N–H and O–H groups in total. The number of amides is 1. The molecule has 0 unspecified atom stereocenters. The first-order chi connectivity index (χ1) is 14.9. The Morgan fingerprint density at radius 1 is 1.00 bits per heavy atom. The van der Waals surface area contributed by atoms with Gasteiger partial charge in [-0.3, -0.25) is 4.79 Å². The molecule has 31 heavy (non-hydrogen) atoms. The van der Waals surface area contributed by atoms with E-state index in [9.17, 15) is 9.59 Å². The van der Waals surface area contributed by atoms with Crippen LogP contribution in [0.4, 0.5) is 0 Å². The van der Waals surface area contributed by atoms with Crippen molar-refractivity contribution >= 4 is 17.6 Å². The number of aryl methyl sites for hydroxylation is 3. The molecular weight excluding hydrogens is 392 g/mol. The SMILES string of the molecule is Cc1cc(C)cc(OC(=O)c2oc3c(c2C)/C(=N/NC(=O)c2ccccc2)CCC3)c1. The summed E-state index contributed by atoms with van der Waals surface area (Å²) < 4.78 is 11.5. The molecule has 0 atom stereocenters. The van der Waals surface area contributed by atoms with Gasteiger partial charge in [-0.25, -0.2) is 10.2 Å². The van der Waals surface area contributed by atoms with Crippen LogP contribution < -0.4 is 10.2 Å². The van der Waals surface area contributed by atoms with Gasteiger partial charge in [-0.2, -0.15) is 5.10 Å². The monoisotopic (exact) mass is 416 g/mol. The highest BCUT2D eigenvalue weighted by atomic mass is 16.5. The first-order valence-electron chi connectivity index (χ1n) is 10.3. The van der Waals surface area contributed by atoms with Crippen LogP contribution in [0, 0.1) is 20.8 Å². The van der Waals surface area contributed by atoms with Gasteiger partial charge in [-0.05, 0) is 69.0 Å². The molecule has 0 spiro atoms. The minimum Gasteiger partial charge on any atom is -0.453 e. The zero-order chi connectivity index (χ0) is 22.0. The molecule has 1 aromatic heterocycles. The van der Waals surface area contributed by atoms with Crippen molar-refractivity contribution in [2.24, 2.45) is 5.10 Å². The second-order valence-corrected chi connectivity index (χ2v) is 7.79. The molecule has 158 valence electrons. The average Bonchev–Trinajstić information content (AvgIpc) is 3.09. The molecule has 2 aromatic carbocycles. The van der Waals surface area contributed by atoms with E-state index < -0.39 is 5.97 Å². The standard InChI is InChI=1S/C25H24N2O4/c1-15-12-16(2)14-19(13-15)30-25(29)23-17(3)22-20(10-7-11-21(22)31-23)26-27-24(28)18-8-5-4-6-9-18/h4-6,8-9,12-14H,7,10-11H2,1-3H3,(H,27,28)/b26-20+. The van der Waals surface area contributed by atoms with Crippen LogP contribution in [0.25, 0.3) is 0 Å². The molecule has 0 bridgehead atoms. The second-order valence-electron chi connectivity index (χ2n) is 7.79. The predicted molar refractivity (Wildman–Crippen MR) is 118 cm³/mol. The maximum absolute atomic E-state index is 12.8. The van der Waals surface area contributed by atoms with E-state index in [0.29, 0.717) is 41.2 Å². The number of carbonyl (C=O) groups is 2. The first kappa shape index (κ1) is 20.6. The molecular formula is C25H24N2O4. The number of hydrazone groups is 1. The summed E-state index contributed by atoms with van der Waals surface area (Å²) in [6.07, 6.45) is 2.22. The lowest BCUT2D eigenvalue weighted by atomic mass is 9.93. The maximum atomic E-state index is 12.8. The lowest BCUT2D eigenvalue weighted by Crippen LogP contribution is -2.22. The fourth-order valence-corrected chi connectivity index (χ4v) is 3.89. The van der Waals surface area contributed by atoms with E-state index in [0.717, 1.165) is 23.1 Å². The van der Waals surface area contributed by atoms with Gasteiger partial charge in [0.1, 0.15) is 11.5 Å². The summed E-state index contributed by atoms with van der Waals surface area (Å²) >= 11 is 0. The number of benzene rings is 2. The van der Waals surface area contributed by atoms with Crippen molar-refractivity contribution in [3.8, 4) is 5.75 Å². The van der Waals surface area contributed by atoms with Crippen LogP contribution in [-0.4, -0.2) is 17.6 Å². The van der Waals surface area contributed by atoms with Crippen molar-refractivity contribution in [2.45, 2.75) is 40.0 Å².